The van der Waals surface area contributed by atoms with Crippen molar-refractivity contribution in [1.29, 1.82) is 0 Å². The molecule has 0 aromatic heterocycles. The molecule has 0 saturated carbocycles. The Morgan fingerprint density at radius 1 is 1.50 bits per heavy atom. The number of carbonyl (C=O) groups excluding carboxylic acids is 1. The second kappa shape index (κ2) is 6.39. The van der Waals surface area contributed by atoms with E-state index >= 15 is 0 Å². The Balaban J connectivity index is 2.81. The number of carbonyl (C=O) groups is 2. The average molecular weight is 253 g/mol. The number of amides is 1. The summed E-state index contributed by atoms with van der Waals surface area (Å²) < 4.78 is 17.7. The van der Waals surface area contributed by atoms with E-state index in [1.165, 1.54) is 31.4 Å². The first-order valence-electron chi connectivity index (χ1n) is 5.04. The van der Waals surface area contributed by atoms with Gasteiger partial charge in [0.2, 0.25) is 0 Å². The lowest BCUT2D eigenvalue weighted by molar-refractivity contribution is -0.131. The van der Waals surface area contributed by atoms with Crippen molar-refractivity contribution in [2.75, 3.05) is 7.11 Å². The lowest BCUT2D eigenvalue weighted by Crippen LogP contribution is -2.22. The van der Waals surface area contributed by atoms with Crippen LogP contribution in [0, 0.1) is 5.82 Å². The maximum absolute atomic E-state index is 13.4. The first kappa shape index (κ1) is 13.7. The quantitative estimate of drug-likeness (QED) is 0.802. The van der Waals surface area contributed by atoms with Crippen molar-refractivity contribution in [3.8, 4) is 0 Å². The minimum Gasteiger partial charge on any atom is -0.478 e. The van der Waals surface area contributed by atoms with Gasteiger partial charge in [-0.05, 0) is 23.8 Å². The van der Waals surface area contributed by atoms with Crippen molar-refractivity contribution < 1.29 is 23.8 Å². The zero-order chi connectivity index (χ0) is 13.5. The van der Waals surface area contributed by atoms with Crippen molar-refractivity contribution in [3.05, 3.63) is 41.2 Å². The summed E-state index contributed by atoms with van der Waals surface area (Å²) >= 11 is 0. The molecule has 0 atom stereocenters. The SMILES string of the molecule is COC(=O)NCc1cc(C=CC(=O)O)ccc1F. The predicted molar refractivity (Wildman–Crippen MR) is 62.3 cm³/mol. The lowest BCUT2D eigenvalue weighted by atomic mass is 10.1. The van der Waals surface area contributed by atoms with Gasteiger partial charge in [0.05, 0.1) is 7.11 Å². The number of ether oxygens (including phenoxy) is 1. The predicted octanol–water partition coefficient (Wildman–Crippen LogP) is 1.78. The molecule has 0 spiro atoms. The number of alkyl carbamates (subject to hydrolysis) is 1. The largest absolute Gasteiger partial charge is 0.478 e. The van der Waals surface area contributed by atoms with Crippen LogP contribution in [0.15, 0.2) is 24.3 Å². The summed E-state index contributed by atoms with van der Waals surface area (Å²) in [6, 6.07) is 4.09. The van der Waals surface area contributed by atoms with E-state index in [0.29, 0.717) is 5.56 Å². The Morgan fingerprint density at radius 2 is 2.22 bits per heavy atom. The van der Waals surface area contributed by atoms with Gasteiger partial charge in [-0.15, -0.1) is 0 Å². The van der Waals surface area contributed by atoms with Gasteiger partial charge < -0.3 is 15.2 Å². The topological polar surface area (TPSA) is 75.6 Å². The van der Waals surface area contributed by atoms with Crippen LogP contribution in [0.4, 0.5) is 9.18 Å². The van der Waals surface area contributed by atoms with Crippen molar-refractivity contribution in [2.45, 2.75) is 6.54 Å². The molecule has 6 heteroatoms. The molecule has 96 valence electrons. The third-order valence-electron chi connectivity index (χ3n) is 2.10. The van der Waals surface area contributed by atoms with Gasteiger partial charge in [0.25, 0.3) is 0 Å². The number of nitrogens with one attached hydrogen (secondary N) is 1. The number of benzene rings is 1. The van der Waals surface area contributed by atoms with E-state index in [2.05, 4.69) is 10.1 Å². The van der Waals surface area contributed by atoms with Gasteiger partial charge in [-0.25, -0.2) is 14.0 Å². The number of rotatable bonds is 4. The second-order valence-electron chi connectivity index (χ2n) is 3.37. The zero-order valence-corrected chi connectivity index (χ0v) is 9.64. The molecule has 1 amide bonds. The van der Waals surface area contributed by atoms with E-state index in [1.54, 1.807) is 0 Å². The third-order valence-corrected chi connectivity index (χ3v) is 2.10. The molecule has 18 heavy (non-hydrogen) atoms. The van der Waals surface area contributed by atoms with Gasteiger partial charge in [-0.3, -0.25) is 0 Å². The van der Waals surface area contributed by atoms with Crippen LogP contribution in [0.5, 0.6) is 0 Å². The molecule has 0 saturated heterocycles. The number of carboxylic acid groups (broad SMARTS) is 1. The third kappa shape index (κ3) is 4.25. The standard InChI is InChI=1S/C12H12FNO4/c1-18-12(17)14-7-9-6-8(2-4-10(9)13)3-5-11(15)16/h2-6H,7H2,1H3,(H,14,17)(H,15,16). The Bertz CT molecular complexity index is 485. The Hall–Kier alpha value is -2.37. The Kier molecular flexibility index (Phi) is 4.86. The van der Waals surface area contributed by atoms with Crippen LogP contribution in [-0.2, 0) is 16.1 Å². The molecule has 0 aliphatic heterocycles. The number of methoxy groups -OCH3 is 1. The maximum Gasteiger partial charge on any atom is 0.407 e. The molecule has 1 rings (SSSR count). The zero-order valence-electron chi connectivity index (χ0n) is 9.64. The van der Waals surface area contributed by atoms with Crippen LogP contribution in [0.1, 0.15) is 11.1 Å². The molecule has 1 aromatic rings. The summed E-state index contributed by atoms with van der Waals surface area (Å²) in [7, 11) is 1.21. The van der Waals surface area contributed by atoms with E-state index in [9.17, 15) is 14.0 Å². The minimum absolute atomic E-state index is 0.0345. The van der Waals surface area contributed by atoms with E-state index in [-0.39, 0.29) is 12.1 Å². The number of aliphatic carboxylic acids is 1. The van der Waals surface area contributed by atoms with Crippen molar-refractivity contribution in [3.63, 3.8) is 0 Å². The first-order chi connectivity index (χ1) is 8.52. The summed E-state index contributed by atoms with van der Waals surface area (Å²) in [6.45, 7) is -0.0345. The lowest BCUT2D eigenvalue weighted by Gasteiger charge is -2.06. The fourth-order valence-corrected chi connectivity index (χ4v) is 1.24. The summed E-state index contributed by atoms with van der Waals surface area (Å²) in [6.07, 6.45) is 1.62. The van der Waals surface area contributed by atoms with Gasteiger partial charge in [-0.2, -0.15) is 0 Å². The maximum atomic E-state index is 13.4. The van der Waals surface area contributed by atoms with Gasteiger partial charge in [0.15, 0.2) is 0 Å². The van der Waals surface area contributed by atoms with Crippen LogP contribution in [-0.4, -0.2) is 24.3 Å². The molecule has 0 radical (unpaired) electrons. The second-order valence-corrected chi connectivity index (χ2v) is 3.37. The molecule has 1 aromatic carbocycles. The molecule has 0 bridgehead atoms. The molecule has 0 aliphatic rings. The number of hydrogen-bond acceptors (Lipinski definition) is 3. The number of hydrogen-bond donors (Lipinski definition) is 2. The van der Waals surface area contributed by atoms with Crippen molar-refractivity contribution in [1.82, 2.24) is 5.32 Å². The molecule has 0 aliphatic carbocycles. The van der Waals surface area contributed by atoms with Gasteiger partial charge in [0.1, 0.15) is 5.82 Å². The fraction of sp³-hybridized carbons (Fsp3) is 0.167. The van der Waals surface area contributed by atoms with Crippen molar-refractivity contribution >= 4 is 18.1 Å². The number of halogens is 1. The first-order valence-corrected chi connectivity index (χ1v) is 5.04. The summed E-state index contributed by atoms with van der Waals surface area (Å²) in [5, 5.41) is 10.8. The monoisotopic (exact) mass is 253 g/mol. The van der Waals surface area contributed by atoms with Crippen LogP contribution in [0.3, 0.4) is 0 Å². The highest BCUT2D eigenvalue weighted by molar-refractivity contribution is 5.85. The van der Waals surface area contributed by atoms with Gasteiger partial charge in [0, 0.05) is 18.2 Å². The molecule has 0 unspecified atom stereocenters. The van der Waals surface area contributed by atoms with E-state index in [1.807, 2.05) is 0 Å². The van der Waals surface area contributed by atoms with Gasteiger partial charge in [-0.1, -0.05) is 6.07 Å². The Labute approximate surface area is 103 Å². The smallest absolute Gasteiger partial charge is 0.407 e. The van der Waals surface area contributed by atoms with Gasteiger partial charge >= 0.3 is 12.1 Å². The van der Waals surface area contributed by atoms with Crippen LogP contribution < -0.4 is 5.32 Å². The van der Waals surface area contributed by atoms with E-state index in [4.69, 9.17) is 5.11 Å². The highest BCUT2D eigenvalue weighted by Crippen LogP contribution is 2.12. The molecular weight excluding hydrogens is 241 g/mol. The van der Waals surface area contributed by atoms with Crippen LogP contribution in [0.25, 0.3) is 6.08 Å². The van der Waals surface area contributed by atoms with Crippen molar-refractivity contribution in [2.24, 2.45) is 0 Å². The van der Waals surface area contributed by atoms with Crippen LogP contribution >= 0.6 is 0 Å². The Morgan fingerprint density at radius 3 is 2.83 bits per heavy atom. The fourth-order valence-electron chi connectivity index (χ4n) is 1.24. The number of carboxylic acids is 1. The molecule has 0 fully saturated rings. The minimum atomic E-state index is -1.09. The molecule has 5 nitrogen and oxygen atoms in total. The molecule has 2 N–H and O–H groups in total. The highest BCUT2D eigenvalue weighted by atomic mass is 19.1. The summed E-state index contributed by atoms with van der Waals surface area (Å²) in [5.74, 6) is -1.58. The normalized spacial score (nSPS) is 10.3. The average Bonchev–Trinajstić information content (AvgIpc) is 2.35. The highest BCUT2D eigenvalue weighted by Gasteiger charge is 2.05. The van der Waals surface area contributed by atoms with E-state index < -0.39 is 17.9 Å². The summed E-state index contributed by atoms with van der Waals surface area (Å²) in [5.41, 5.74) is 0.772. The van der Waals surface area contributed by atoms with E-state index in [0.717, 1.165) is 6.08 Å². The molecule has 0 heterocycles. The van der Waals surface area contributed by atoms with Crippen LogP contribution in [0.2, 0.25) is 0 Å². The molecular formula is C12H12FNO4. The summed E-state index contributed by atoms with van der Waals surface area (Å²) in [4.78, 5) is 21.2.